The summed E-state index contributed by atoms with van der Waals surface area (Å²) in [6.45, 7) is 8.00. The van der Waals surface area contributed by atoms with Crippen LogP contribution in [0.5, 0.6) is 0 Å². The van der Waals surface area contributed by atoms with Gasteiger partial charge in [0.05, 0.1) is 12.5 Å². The smallest absolute Gasteiger partial charge is 0.326 e. The maximum Gasteiger partial charge on any atom is 0.326 e. The van der Waals surface area contributed by atoms with Gasteiger partial charge in [0.25, 0.3) is 0 Å². The van der Waals surface area contributed by atoms with E-state index in [4.69, 9.17) is 10.8 Å². The van der Waals surface area contributed by atoms with Crippen molar-refractivity contribution in [3.8, 4) is 0 Å². The van der Waals surface area contributed by atoms with Gasteiger partial charge in [-0.2, -0.15) is 0 Å². The van der Waals surface area contributed by atoms with Gasteiger partial charge in [0.1, 0.15) is 48.3 Å². The molecular weight excluding hydrogens is 1070 g/mol. The van der Waals surface area contributed by atoms with Crippen LogP contribution in [-0.4, -0.2) is 157 Å². The predicted molar refractivity (Wildman–Crippen MR) is 278 cm³/mol. The first kappa shape index (κ1) is 63.8. The van der Waals surface area contributed by atoms with Gasteiger partial charge in [0.2, 0.25) is 47.3 Å². The lowest BCUT2D eigenvalue weighted by atomic mass is 9.98. The normalized spacial score (nSPS) is 16.2. The fourth-order valence-corrected chi connectivity index (χ4v) is 8.68. The van der Waals surface area contributed by atoms with Gasteiger partial charge in [-0.3, -0.25) is 52.7 Å². The van der Waals surface area contributed by atoms with Crippen molar-refractivity contribution in [1.82, 2.24) is 42.1 Å². The largest absolute Gasteiger partial charge is 0.481 e. The van der Waals surface area contributed by atoms with Crippen LogP contribution in [0, 0.1) is 11.8 Å². The van der Waals surface area contributed by atoms with Crippen molar-refractivity contribution >= 4 is 87.1 Å². The Hall–Kier alpha value is -7.48. The second kappa shape index (κ2) is 30.9. The fraction of sp³-hybridized carbons (Fsp3) is 0.529. The summed E-state index contributed by atoms with van der Waals surface area (Å²) in [6, 6.07) is 2.25. The molecule has 77 heavy (non-hydrogen) atoms. The van der Waals surface area contributed by atoms with Crippen molar-refractivity contribution < 1.29 is 78.0 Å². The fourth-order valence-electron chi connectivity index (χ4n) is 8.23. The molecule has 1 aliphatic rings. The lowest BCUT2D eigenvalue weighted by Gasteiger charge is -2.31. The number of nitrogens with two attached hydrogens (primary N) is 1. The minimum Gasteiger partial charge on any atom is -0.481 e. The summed E-state index contributed by atoms with van der Waals surface area (Å²) in [5.74, 6) is -13.5. The molecule has 26 heteroatoms. The molecule has 1 saturated heterocycles. The molecule has 1 aliphatic heterocycles. The standard InChI is InChI=1S/C51H70BrN9O16/c1-26(2)21-34(57-49(74)42(27(3)4)60-44(69)32(53)16-18-39(62)63)47(72)58-36(24-30-13-9-14-31(52)22-30)50(75)61-20-10-15-38(61)48(73)56-35(25-41(66)67)46(71)54-28(5)43(68)55-33(17-19-40(64)65)45(70)59-37(51(76)77)23-29-11-7-6-8-12-29/h6-9,11-14,22,26-28,32-38,42H,10,15-21,23-25,53H2,1-5H3,(H,54,71)(H,55,68)(H,56,73)(H,57,74)(H,58,72)(H,59,70)(H,60,69)(H,62,63)(H,64,65)(H,66,67)(H,76,77)/t28-,32-,33-,34-,35-,36-,37-,38+,42-/m0/s1. The van der Waals surface area contributed by atoms with Crippen LogP contribution in [0.1, 0.15) is 97.1 Å². The third kappa shape index (κ3) is 21.6. The molecule has 0 aliphatic carbocycles. The van der Waals surface area contributed by atoms with E-state index < -0.39 is 151 Å². The van der Waals surface area contributed by atoms with Crippen molar-refractivity contribution in [3.63, 3.8) is 0 Å². The van der Waals surface area contributed by atoms with Crippen LogP contribution in [0.15, 0.2) is 59.1 Å². The van der Waals surface area contributed by atoms with Crippen LogP contribution in [0.4, 0.5) is 0 Å². The number of nitrogens with one attached hydrogen (secondary N) is 7. The Morgan fingerprint density at radius 3 is 1.74 bits per heavy atom. The highest BCUT2D eigenvalue weighted by Crippen LogP contribution is 2.22. The first-order valence-corrected chi connectivity index (χ1v) is 25.8. The van der Waals surface area contributed by atoms with Gasteiger partial charge in [-0.15, -0.1) is 0 Å². The van der Waals surface area contributed by atoms with E-state index in [1.54, 1.807) is 82.3 Å². The van der Waals surface area contributed by atoms with E-state index in [0.717, 1.165) is 6.92 Å². The van der Waals surface area contributed by atoms with Crippen LogP contribution in [0.3, 0.4) is 0 Å². The number of carboxylic acid groups (broad SMARTS) is 4. The second-order valence-electron chi connectivity index (χ2n) is 19.5. The number of benzene rings is 2. The second-order valence-corrected chi connectivity index (χ2v) is 20.4. The third-order valence-electron chi connectivity index (χ3n) is 12.3. The number of nitrogens with zero attached hydrogens (tertiary/aromatic N) is 1. The molecule has 8 amide bonds. The van der Waals surface area contributed by atoms with E-state index in [0.29, 0.717) is 15.6 Å². The summed E-state index contributed by atoms with van der Waals surface area (Å²) >= 11 is 3.40. The molecule has 0 saturated carbocycles. The average molecular weight is 1150 g/mol. The molecule has 13 N–H and O–H groups in total. The highest BCUT2D eigenvalue weighted by atomic mass is 79.9. The molecule has 1 heterocycles. The Labute approximate surface area is 453 Å². The van der Waals surface area contributed by atoms with Crippen molar-refractivity contribution in [3.05, 3.63) is 70.2 Å². The highest BCUT2D eigenvalue weighted by Gasteiger charge is 2.41. The molecule has 2 aromatic carbocycles. The van der Waals surface area contributed by atoms with E-state index in [2.05, 4.69) is 53.1 Å². The summed E-state index contributed by atoms with van der Waals surface area (Å²) in [4.78, 5) is 158. The molecular formula is C51H70BrN9O16. The molecule has 0 unspecified atom stereocenters. The van der Waals surface area contributed by atoms with Crippen molar-refractivity contribution in [2.75, 3.05) is 6.54 Å². The number of carboxylic acids is 4. The van der Waals surface area contributed by atoms with Crippen molar-refractivity contribution in [2.24, 2.45) is 17.6 Å². The predicted octanol–water partition coefficient (Wildman–Crippen LogP) is -0.0429. The van der Waals surface area contributed by atoms with Crippen LogP contribution in [0.25, 0.3) is 0 Å². The molecule has 0 spiro atoms. The number of carbonyl (C=O) groups is 12. The molecule has 1 fully saturated rings. The minimum atomic E-state index is -1.84. The van der Waals surface area contributed by atoms with Gasteiger partial charge in [-0.05, 0) is 74.1 Å². The van der Waals surface area contributed by atoms with E-state index in [-0.39, 0.29) is 57.4 Å². The lowest BCUT2D eigenvalue weighted by Crippen LogP contribution is -2.61. The van der Waals surface area contributed by atoms with Crippen LogP contribution >= 0.6 is 15.9 Å². The van der Waals surface area contributed by atoms with Gasteiger partial charge < -0.3 is 68.3 Å². The number of hydrogen-bond donors (Lipinski definition) is 12. The summed E-state index contributed by atoms with van der Waals surface area (Å²) in [7, 11) is 0. The Morgan fingerprint density at radius 2 is 1.16 bits per heavy atom. The number of halogens is 1. The minimum absolute atomic E-state index is 0.0125. The highest BCUT2D eigenvalue weighted by molar-refractivity contribution is 9.10. The summed E-state index contributed by atoms with van der Waals surface area (Å²) in [6.07, 6.45) is -2.61. The maximum absolute atomic E-state index is 14.7. The molecule has 9 atom stereocenters. The lowest BCUT2D eigenvalue weighted by molar-refractivity contribution is -0.144. The number of hydrogen-bond acceptors (Lipinski definition) is 13. The first-order valence-electron chi connectivity index (χ1n) is 25.0. The Kier molecular flexibility index (Phi) is 25.6. The molecule has 0 bridgehead atoms. The van der Waals surface area contributed by atoms with Crippen LogP contribution in [0.2, 0.25) is 0 Å². The van der Waals surface area contributed by atoms with Gasteiger partial charge in [0.15, 0.2) is 0 Å². The number of aliphatic carboxylic acids is 4. The van der Waals surface area contributed by atoms with E-state index in [1.807, 2.05) is 0 Å². The quantitative estimate of drug-likeness (QED) is 0.0471. The number of amides is 8. The molecule has 0 aromatic heterocycles. The zero-order valence-electron chi connectivity index (χ0n) is 43.4. The van der Waals surface area contributed by atoms with Crippen molar-refractivity contribution in [2.45, 2.75) is 153 Å². The van der Waals surface area contributed by atoms with Crippen LogP contribution in [-0.2, 0) is 70.4 Å². The van der Waals surface area contributed by atoms with Crippen molar-refractivity contribution in [1.29, 1.82) is 0 Å². The number of rotatable bonds is 31. The monoisotopic (exact) mass is 1140 g/mol. The summed E-state index contributed by atoms with van der Waals surface area (Å²) in [5.41, 5.74) is 7.02. The topological polar surface area (TPSA) is 399 Å². The zero-order valence-corrected chi connectivity index (χ0v) is 45.0. The molecule has 3 rings (SSSR count). The van der Waals surface area contributed by atoms with Gasteiger partial charge in [-0.25, -0.2) is 4.79 Å². The SMILES string of the molecule is CC(C)C[C@H](NC(=O)[C@@H](NC(=O)[C@@H](N)CCC(=O)O)C(C)C)C(=O)N[C@@H](Cc1cccc(Br)c1)C(=O)N1CCC[C@@H]1C(=O)N[C@@H](CC(=O)O)C(=O)N[C@@H](C)C(=O)N[C@@H](CCC(=O)O)C(=O)N[C@@H](Cc1ccccc1)C(=O)O. The summed E-state index contributed by atoms with van der Waals surface area (Å²) in [5, 5.41) is 55.2. The Morgan fingerprint density at radius 1 is 0.597 bits per heavy atom. The van der Waals surface area contributed by atoms with E-state index in [1.165, 1.54) is 4.90 Å². The zero-order chi connectivity index (χ0) is 57.7. The van der Waals surface area contributed by atoms with E-state index in [9.17, 15) is 72.9 Å². The Bertz CT molecular complexity index is 2460. The molecule has 0 radical (unpaired) electrons. The Balaban J connectivity index is 1.83. The van der Waals surface area contributed by atoms with E-state index >= 15 is 0 Å². The average Bonchev–Trinajstić information content (AvgIpc) is 3.85. The van der Waals surface area contributed by atoms with Gasteiger partial charge >= 0.3 is 23.9 Å². The first-order chi connectivity index (χ1) is 36.2. The molecule has 25 nitrogen and oxygen atoms in total. The number of likely N-dealkylation sites (tertiary alicyclic amines) is 1. The summed E-state index contributed by atoms with van der Waals surface area (Å²) < 4.78 is 0.641. The molecule has 2 aromatic rings. The van der Waals surface area contributed by atoms with Gasteiger partial charge in [-0.1, -0.05) is 86.1 Å². The van der Waals surface area contributed by atoms with Crippen LogP contribution < -0.4 is 43.0 Å². The third-order valence-corrected chi connectivity index (χ3v) is 12.8. The van der Waals surface area contributed by atoms with Gasteiger partial charge in [0, 0.05) is 36.7 Å². The molecule has 422 valence electrons. The maximum atomic E-state index is 14.7. The number of carbonyl (C=O) groups excluding carboxylic acids is 8.